The van der Waals surface area contributed by atoms with E-state index in [9.17, 15) is 9.59 Å². The molecule has 146 valence electrons. The molecule has 26 heavy (non-hydrogen) atoms. The van der Waals surface area contributed by atoms with E-state index in [1.54, 1.807) is 18.2 Å². The van der Waals surface area contributed by atoms with E-state index in [4.69, 9.17) is 15.2 Å². The Hall–Kier alpha value is -2.28. The van der Waals surface area contributed by atoms with Crippen molar-refractivity contribution in [3.63, 3.8) is 0 Å². The van der Waals surface area contributed by atoms with Crippen molar-refractivity contribution in [2.24, 2.45) is 5.73 Å². The van der Waals surface area contributed by atoms with Crippen molar-refractivity contribution < 1.29 is 19.1 Å². The van der Waals surface area contributed by atoms with Crippen molar-refractivity contribution in [1.82, 2.24) is 10.6 Å². The van der Waals surface area contributed by atoms with Crippen molar-refractivity contribution in [1.29, 1.82) is 0 Å². The van der Waals surface area contributed by atoms with E-state index in [0.29, 0.717) is 23.6 Å². The Kier molecular flexibility index (Phi) is 8.38. The molecule has 1 aromatic carbocycles. The van der Waals surface area contributed by atoms with Crippen LogP contribution in [0.4, 0.5) is 0 Å². The minimum atomic E-state index is -0.410. The van der Waals surface area contributed by atoms with Gasteiger partial charge in [0, 0.05) is 23.7 Å². The Labute approximate surface area is 155 Å². The number of carbonyl (C=O) groups is 2. The Morgan fingerprint density at radius 3 is 2.38 bits per heavy atom. The van der Waals surface area contributed by atoms with Crippen molar-refractivity contribution >= 4 is 11.8 Å². The largest absolute Gasteiger partial charge is 0.493 e. The quantitative estimate of drug-likeness (QED) is 0.587. The molecule has 0 radical (unpaired) electrons. The highest BCUT2D eigenvalue weighted by atomic mass is 16.5. The maximum atomic E-state index is 12.4. The molecule has 0 bridgehead atoms. The predicted octanol–water partition coefficient (Wildman–Crippen LogP) is 1.85. The molecule has 0 saturated heterocycles. The van der Waals surface area contributed by atoms with Crippen LogP contribution < -0.4 is 25.8 Å². The van der Waals surface area contributed by atoms with E-state index < -0.39 is 5.54 Å². The van der Waals surface area contributed by atoms with Crippen molar-refractivity contribution in [3.8, 4) is 11.5 Å². The van der Waals surface area contributed by atoms with Gasteiger partial charge in [0.1, 0.15) is 0 Å². The topological polar surface area (TPSA) is 103 Å². The first-order valence-electron chi connectivity index (χ1n) is 8.92. The summed E-state index contributed by atoms with van der Waals surface area (Å²) in [4.78, 5) is 24.0. The molecule has 2 amide bonds. The van der Waals surface area contributed by atoms with Gasteiger partial charge in [-0.15, -0.1) is 0 Å². The molecule has 0 unspecified atom stereocenters. The SMILES string of the molecule is CCC(N)(CC)CNC(=O)c1ccc(OCC(=O)NC(C)C)c(OC)c1. The van der Waals surface area contributed by atoms with Crippen LogP contribution in [-0.2, 0) is 4.79 Å². The highest BCUT2D eigenvalue weighted by molar-refractivity contribution is 5.95. The lowest BCUT2D eigenvalue weighted by atomic mass is 9.94. The number of amides is 2. The number of rotatable bonds is 10. The summed E-state index contributed by atoms with van der Waals surface area (Å²) in [5, 5.41) is 5.60. The summed E-state index contributed by atoms with van der Waals surface area (Å²) in [6, 6.07) is 4.87. The molecule has 0 aliphatic rings. The van der Waals surface area contributed by atoms with Crippen LogP contribution in [0.3, 0.4) is 0 Å². The van der Waals surface area contributed by atoms with Gasteiger partial charge >= 0.3 is 0 Å². The van der Waals surface area contributed by atoms with Crippen LogP contribution >= 0.6 is 0 Å². The van der Waals surface area contributed by atoms with Gasteiger partial charge in [-0.1, -0.05) is 13.8 Å². The van der Waals surface area contributed by atoms with Gasteiger partial charge < -0.3 is 25.8 Å². The third-order valence-electron chi connectivity index (χ3n) is 4.24. The van der Waals surface area contributed by atoms with E-state index in [2.05, 4.69) is 10.6 Å². The zero-order chi connectivity index (χ0) is 19.7. The predicted molar refractivity (Wildman–Crippen MR) is 102 cm³/mol. The molecule has 0 aliphatic carbocycles. The van der Waals surface area contributed by atoms with Crippen LogP contribution in [0, 0.1) is 0 Å². The van der Waals surface area contributed by atoms with Gasteiger partial charge in [-0.3, -0.25) is 9.59 Å². The number of carbonyl (C=O) groups excluding carboxylic acids is 2. The second kappa shape index (κ2) is 10.0. The lowest BCUT2D eigenvalue weighted by Crippen LogP contribution is -2.49. The monoisotopic (exact) mass is 365 g/mol. The van der Waals surface area contributed by atoms with Crippen molar-refractivity contribution in [2.75, 3.05) is 20.3 Å². The lowest BCUT2D eigenvalue weighted by Gasteiger charge is -2.26. The Morgan fingerprint density at radius 1 is 1.19 bits per heavy atom. The van der Waals surface area contributed by atoms with Crippen molar-refractivity contribution in [3.05, 3.63) is 23.8 Å². The summed E-state index contributed by atoms with van der Waals surface area (Å²) in [7, 11) is 1.48. The fourth-order valence-electron chi connectivity index (χ4n) is 2.29. The van der Waals surface area contributed by atoms with Crippen LogP contribution in [0.1, 0.15) is 50.9 Å². The highest BCUT2D eigenvalue weighted by Crippen LogP contribution is 2.28. The molecule has 1 aromatic rings. The van der Waals surface area contributed by atoms with E-state index in [1.807, 2.05) is 27.7 Å². The number of methoxy groups -OCH3 is 1. The third-order valence-corrected chi connectivity index (χ3v) is 4.24. The summed E-state index contributed by atoms with van der Waals surface area (Å²) in [6.07, 6.45) is 1.55. The number of ether oxygens (including phenoxy) is 2. The van der Waals surface area contributed by atoms with Gasteiger partial charge in [-0.05, 0) is 44.9 Å². The molecular weight excluding hydrogens is 334 g/mol. The molecule has 1 rings (SSSR count). The normalized spacial score (nSPS) is 11.2. The van der Waals surface area contributed by atoms with Gasteiger partial charge in [0.2, 0.25) is 0 Å². The van der Waals surface area contributed by atoms with Gasteiger partial charge in [-0.25, -0.2) is 0 Å². The molecule has 0 spiro atoms. The Balaban J connectivity index is 2.75. The standard InChI is InChI=1S/C19H31N3O4/c1-6-19(20,7-2)12-21-18(24)14-8-9-15(16(10-14)25-5)26-11-17(23)22-13(3)4/h8-10,13H,6-7,11-12,20H2,1-5H3,(H,21,24)(H,22,23). The molecule has 7 nitrogen and oxygen atoms in total. The van der Waals surface area contributed by atoms with Gasteiger partial charge in [0.05, 0.1) is 7.11 Å². The third kappa shape index (κ3) is 6.55. The molecule has 4 N–H and O–H groups in total. The maximum absolute atomic E-state index is 12.4. The average Bonchev–Trinajstić information content (AvgIpc) is 2.63. The van der Waals surface area contributed by atoms with Crippen LogP contribution in [-0.4, -0.2) is 43.7 Å². The first-order chi connectivity index (χ1) is 12.2. The Morgan fingerprint density at radius 2 is 1.85 bits per heavy atom. The van der Waals surface area contributed by atoms with Gasteiger partial charge in [-0.2, -0.15) is 0 Å². The number of nitrogens with two attached hydrogens (primary N) is 1. The van der Waals surface area contributed by atoms with Crippen molar-refractivity contribution in [2.45, 2.75) is 52.1 Å². The van der Waals surface area contributed by atoms with Crippen LogP contribution in [0.2, 0.25) is 0 Å². The first-order valence-corrected chi connectivity index (χ1v) is 8.92. The van der Waals surface area contributed by atoms with E-state index in [0.717, 1.165) is 12.8 Å². The minimum Gasteiger partial charge on any atom is -0.493 e. The fourth-order valence-corrected chi connectivity index (χ4v) is 2.29. The zero-order valence-corrected chi connectivity index (χ0v) is 16.3. The molecule has 0 atom stereocenters. The lowest BCUT2D eigenvalue weighted by molar-refractivity contribution is -0.123. The number of nitrogens with one attached hydrogen (secondary N) is 2. The second-order valence-corrected chi connectivity index (χ2v) is 6.63. The van der Waals surface area contributed by atoms with Crippen LogP contribution in [0.15, 0.2) is 18.2 Å². The first kappa shape index (κ1) is 21.8. The smallest absolute Gasteiger partial charge is 0.258 e. The molecule has 0 saturated carbocycles. The molecular formula is C19H31N3O4. The summed E-state index contributed by atoms with van der Waals surface area (Å²) >= 11 is 0. The molecule has 0 heterocycles. The fraction of sp³-hybridized carbons (Fsp3) is 0.579. The summed E-state index contributed by atoms with van der Waals surface area (Å²) < 4.78 is 10.8. The summed E-state index contributed by atoms with van der Waals surface area (Å²) in [5.41, 5.74) is 6.24. The average molecular weight is 365 g/mol. The highest BCUT2D eigenvalue weighted by Gasteiger charge is 2.21. The van der Waals surface area contributed by atoms with Crippen LogP contribution in [0.5, 0.6) is 11.5 Å². The van der Waals surface area contributed by atoms with Crippen LogP contribution in [0.25, 0.3) is 0 Å². The molecule has 0 aliphatic heterocycles. The zero-order valence-electron chi connectivity index (χ0n) is 16.3. The van der Waals surface area contributed by atoms with E-state index in [-0.39, 0.29) is 24.5 Å². The van der Waals surface area contributed by atoms with E-state index in [1.165, 1.54) is 7.11 Å². The van der Waals surface area contributed by atoms with E-state index >= 15 is 0 Å². The van der Waals surface area contributed by atoms with Gasteiger partial charge in [0.25, 0.3) is 11.8 Å². The summed E-state index contributed by atoms with van der Waals surface area (Å²) in [6.45, 7) is 8.02. The molecule has 0 fully saturated rings. The molecule has 7 heteroatoms. The number of benzene rings is 1. The number of hydrogen-bond donors (Lipinski definition) is 3. The minimum absolute atomic E-state index is 0.0416. The Bertz CT molecular complexity index is 613. The second-order valence-electron chi connectivity index (χ2n) is 6.63. The maximum Gasteiger partial charge on any atom is 0.258 e. The number of hydrogen-bond acceptors (Lipinski definition) is 5. The summed E-state index contributed by atoms with van der Waals surface area (Å²) in [5.74, 6) is 0.338. The van der Waals surface area contributed by atoms with Gasteiger partial charge in [0.15, 0.2) is 18.1 Å². The molecule has 0 aromatic heterocycles.